The minimum atomic E-state index is 0.772. The molecule has 21 heavy (non-hydrogen) atoms. The minimum absolute atomic E-state index is 0.772. The Morgan fingerprint density at radius 3 is 2.67 bits per heavy atom. The average Bonchev–Trinajstić information content (AvgIpc) is 2.49. The van der Waals surface area contributed by atoms with Gasteiger partial charge in [0.15, 0.2) is 0 Å². The largest absolute Gasteiger partial charge is 0.492 e. The highest BCUT2D eigenvalue weighted by molar-refractivity contribution is 5.40. The maximum Gasteiger partial charge on any atom is 0.126 e. The lowest BCUT2D eigenvalue weighted by atomic mass is 10.1. The topological polar surface area (TPSA) is 27.7 Å². The molecule has 0 radical (unpaired) electrons. The van der Waals surface area contributed by atoms with Gasteiger partial charge < -0.3 is 15.0 Å². The molecule has 0 spiro atoms. The second-order valence-electron chi connectivity index (χ2n) is 5.84. The molecule has 1 aromatic carbocycles. The molecule has 1 aromatic rings. The van der Waals surface area contributed by atoms with Gasteiger partial charge in [0.2, 0.25) is 0 Å². The highest BCUT2D eigenvalue weighted by Crippen LogP contribution is 2.23. The van der Waals surface area contributed by atoms with Crippen molar-refractivity contribution in [1.29, 1.82) is 0 Å². The Hall–Kier alpha value is -1.10. The molecule has 118 valence electrons. The van der Waals surface area contributed by atoms with Crippen molar-refractivity contribution in [2.75, 3.05) is 52.9 Å². The maximum absolute atomic E-state index is 6.10. The molecule has 0 saturated carbocycles. The van der Waals surface area contributed by atoms with E-state index in [0.29, 0.717) is 0 Å². The van der Waals surface area contributed by atoms with Gasteiger partial charge in [0.05, 0.1) is 0 Å². The molecule has 1 fully saturated rings. The van der Waals surface area contributed by atoms with Crippen LogP contribution in [0.25, 0.3) is 0 Å². The number of rotatable bonds is 7. The van der Waals surface area contributed by atoms with Crippen molar-refractivity contribution in [3.05, 3.63) is 29.3 Å². The first kappa shape index (κ1) is 16.3. The molecule has 4 heteroatoms. The van der Waals surface area contributed by atoms with Gasteiger partial charge in [-0.2, -0.15) is 0 Å². The summed E-state index contributed by atoms with van der Waals surface area (Å²) in [7, 11) is 2.19. The SMILES string of the molecule is CCNCc1cccc(C)c1OCCN1CCN(C)CC1. The van der Waals surface area contributed by atoms with Crippen LogP contribution in [0, 0.1) is 6.92 Å². The summed E-state index contributed by atoms with van der Waals surface area (Å²) in [6.07, 6.45) is 0. The lowest BCUT2D eigenvalue weighted by Gasteiger charge is -2.32. The Labute approximate surface area is 129 Å². The highest BCUT2D eigenvalue weighted by Gasteiger charge is 2.14. The van der Waals surface area contributed by atoms with E-state index in [1.54, 1.807) is 0 Å². The molecule has 0 aromatic heterocycles. The number of likely N-dealkylation sites (N-methyl/N-ethyl adjacent to an activating group) is 1. The van der Waals surface area contributed by atoms with E-state index in [1.807, 2.05) is 0 Å². The fraction of sp³-hybridized carbons (Fsp3) is 0.647. The van der Waals surface area contributed by atoms with Crippen molar-refractivity contribution in [1.82, 2.24) is 15.1 Å². The Kier molecular flexibility index (Phi) is 6.49. The second-order valence-corrected chi connectivity index (χ2v) is 5.84. The monoisotopic (exact) mass is 291 g/mol. The van der Waals surface area contributed by atoms with Crippen molar-refractivity contribution in [2.45, 2.75) is 20.4 Å². The third kappa shape index (κ3) is 4.99. The van der Waals surface area contributed by atoms with E-state index in [4.69, 9.17) is 4.74 Å². The zero-order chi connectivity index (χ0) is 15.1. The van der Waals surface area contributed by atoms with Gasteiger partial charge in [-0.25, -0.2) is 0 Å². The van der Waals surface area contributed by atoms with Crippen molar-refractivity contribution >= 4 is 0 Å². The Morgan fingerprint density at radius 1 is 1.19 bits per heavy atom. The number of aryl methyl sites for hydroxylation is 1. The van der Waals surface area contributed by atoms with Crippen LogP contribution in [0.4, 0.5) is 0 Å². The van der Waals surface area contributed by atoms with Crippen molar-refractivity contribution in [2.24, 2.45) is 0 Å². The number of benzene rings is 1. The normalized spacial score (nSPS) is 17.1. The van der Waals surface area contributed by atoms with Crippen LogP contribution >= 0.6 is 0 Å². The zero-order valence-corrected chi connectivity index (χ0v) is 13.7. The number of ether oxygens (including phenoxy) is 1. The first-order valence-corrected chi connectivity index (χ1v) is 8.03. The van der Waals surface area contributed by atoms with E-state index in [-0.39, 0.29) is 0 Å². The number of piperazine rings is 1. The Balaban J connectivity index is 1.84. The smallest absolute Gasteiger partial charge is 0.126 e. The van der Waals surface area contributed by atoms with Gasteiger partial charge in [-0.15, -0.1) is 0 Å². The predicted octanol–water partition coefficient (Wildman–Crippen LogP) is 1.73. The molecule has 0 atom stereocenters. The summed E-state index contributed by atoms with van der Waals surface area (Å²) in [6.45, 7) is 12.5. The van der Waals surface area contributed by atoms with Gasteiger partial charge in [-0.05, 0) is 26.1 Å². The van der Waals surface area contributed by atoms with Crippen molar-refractivity contribution < 1.29 is 4.74 Å². The molecule has 4 nitrogen and oxygen atoms in total. The van der Waals surface area contributed by atoms with Gasteiger partial charge >= 0.3 is 0 Å². The molecule has 0 bridgehead atoms. The summed E-state index contributed by atoms with van der Waals surface area (Å²) < 4.78 is 6.10. The lowest BCUT2D eigenvalue weighted by molar-refractivity contribution is 0.133. The number of para-hydroxylation sites is 1. The maximum atomic E-state index is 6.10. The summed E-state index contributed by atoms with van der Waals surface area (Å²) in [5.41, 5.74) is 2.49. The minimum Gasteiger partial charge on any atom is -0.492 e. The summed E-state index contributed by atoms with van der Waals surface area (Å²) in [5.74, 6) is 1.06. The summed E-state index contributed by atoms with van der Waals surface area (Å²) in [4.78, 5) is 4.87. The zero-order valence-electron chi connectivity index (χ0n) is 13.7. The molecule has 0 amide bonds. The first-order chi connectivity index (χ1) is 10.2. The van der Waals surface area contributed by atoms with Gasteiger partial charge in [-0.1, -0.05) is 25.1 Å². The van der Waals surface area contributed by atoms with E-state index in [2.05, 4.69) is 54.2 Å². The van der Waals surface area contributed by atoms with Crippen LogP contribution in [0.5, 0.6) is 5.75 Å². The van der Waals surface area contributed by atoms with Gasteiger partial charge in [0.25, 0.3) is 0 Å². The summed E-state index contributed by atoms with van der Waals surface area (Å²) in [6, 6.07) is 6.39. The van der Waals surface area contributed by atoms with Gasteiger partial charge in [0.1, 0.15) is 12.4 Å². The van der Waals surface area contributed by atoms with Crippen LogP contribution in [-0.2, 0) is 6.54 Å². The number of nitrogens with one attached hydrogen (secondary N) is 1. The highest BCUT2D eigenvalue weighted by atomic mass is 16.5. The standard InChI is InChI=1S/C17H29N3O/c1-4-18-14-16-7-5-6-15(2)17(16)21-13-12-20-10-8-19(3)9-11-20/h5-7,18H,4,8-14H2,1-3H3. The lowest BCUT2D eigenvalue weighted by Crippen LogP contribution is -2.45. The first-order valence-electron chi connectivity index (χ1n) is 8.03. The van der Waals surface area contributed by atoms with Crippen molar-refractivity contribution in [3.63, 3.8) is 0 Å². The van der Waals surface area contributed by atoms with Crippen LogP contribution in [-0.4, -0.2) is 62.7 Å². The van der Waals surface area contributed by atoms with Crippen LogP contribution in [0.2, 0.25) is 0 Å². The fourth-order valence-corrected chi connectivity index (χ4v) is 2.67. The molecule has 0 unspecified atom stereocenters. The molecular weight excluding hydrogens is 262 g/mol. The number of nitrogens with zero attached hydrogens (tertiary/aromatic N) is 2. The Bertz CT molecular complexity index is 428. The van der Waals surface area contributed by atoms with E-state index in [1.165, 1.54) is 11.1 Å². The molecular formula is C17H29N3O. The molecule has 2 rings (SSSR count). The van der Waals surface area contributed by atoms with E-state index in [9.17, 15) is 0 Å². The second kappa shape index (κ2) is 8.37. The van der Waals surface area contributed by atoms with Gasteiger partial charge in [-0.3, -0.25) is 4.90 Å². The summed E-state index contributed by atoms with van der Waals surface area (Å²) in [5, 5.41) is 3.38. The number of hydrogen-bond acceptors (Lipinski definition) is 4. The third-order valence-corrected chi connectivity index (χ3v) is 4.11. The van der Waals surface area contributed by atoms with Crippen LogP contribution < -0.4 is 10.1 Å². The fourth-order valence-electron chi connectivity index (χ4n) is 2.67. The third-order valence-electron chi connectivity index (χ3n) is 4.11. The van der Waals surface area contributed by atoms with Crippen molar-refractivity contribution in [3.8, 4) is 5.75 Å². The molecule has 1 heterocycles. The molecule has 1 aliphatic heterocycles. The number of hydrogen-bond donors (Lipinski definition) is 1. The van der Waals surface area contributed by atoms with Crippen LogP contribution in [0.15, 0.2) is 18.2 Å². The van der Waals surface area contributed by atoms with Gasteiger partial charge in [0, 0.05) is 44.8 Å². The van der Waals surface area contributed by atoms with Crippen LogP contribution in [0.3, 0.4) is 0 Å². The Morgan fingerprint density at radius 2 is 1.95 bits per heavy atom. The molecule has 1 N–H and O–H groups in total. The molecule has 1 saturated heterocycles. The van der Waals surface area contributed by atoms with Crippen LogP contribution in [0.1, 0.15) is 18.1 Å². The quantitative estimate of drug-likeness (QED) is 0.828. The van der Waals surface area contributed by atoms with E-state index >= 15 is 0 Å². The van der Waals surface area contributed by atoms with E-state index < -0.39 is 0 Å². The average molecular weight is 291 g/mol. The van der Waals surface area contributed by atoms with E-state index in [0.717, 1.165) is 58.2 Å². The molecule has 1 aliphatic rings. The predicted molar refractivity (Wildman–Crippen MR) is 88.0 cm³/mol. The molecule has 0 aliphatic carbocycles. The summed E-state index contributed by atoms with van der Waals surface area (Å²) >= 11 is 0.